The molecule has 3 aromatic heterocycles. The van der Waals surface area contributed by atoms with Crippen molar-refractivity contribution in [2.24, 2.45) is 0 Å². The average Bonchev–Trinajstić information content (AvgIpc) is 3.41. The minimum absolute atomic E-state index is 0.0378. The van der Waals surface area contributed by atoms with E-state index in [0.717, 1.165) is 12.8 Å². The van der Waals surface area contributed by atoms with Crippen molar-refractivity contribution in [1.29, 1.82) is 5.26 Å². The van der Waals surface area contributed by atoms with Crippen LogP contribution in [0.5, 0.6) is 0 Å². The van der Waals surface area contributed by atoms with Crippen molar-refractivity contribution in [3.8, 4) is 11.9 Å². The summed E-state index contributed by atoms with van der Waals surface area (Å²) in [5, 5.41) is 29.1. The summed E-state index contributed by atoms with van der Waals surface area (Å²) in [6.45, 7) is 1.32. The zero-order valence-electron chi connectivity index (χ0n) is 20.6. The van der Waals surface area contributed by atoms with Gasteiger partial charge in [0.25, 0.3) is 17.6 Å². The molecule has 0 atom stereocenters. The van der Waals surface area contributed by atoms with Crippen LogP contribution in [0.3, 0.4) is 0 Å². The maximum atomic E-state index is 13.6. The first-order valence-corrected chi connectivity index (χ1v) is 12.5. The lowest BCUT2D eigenvalue weighted by molar-refractivity contribution is -0.145. The number of hydrogen-bond donors (Lipinski definition) is 2. The molecule has 1 aliphatic rings. The molecule has 0 bridgehead atoms. The van der Waals surface area contributed by atoms with Gasteiger partial charge in [-0.25, -0.2) is 9.67 Å². The summed E-state index contributed by atoms with van der Waals surface area (Å²) in [6, 6.07) is 9.65. The first kappa shape index (κ1) is 26.9. The van der Waals surface area contributed by atoms with E-state index in [4.69, 9.17) is 0 Å². The largest absolute Gasteiger partial charge is 0.455 e. The second-order valence-electron chi connectivity index (χ2n) is 8.91. The molecule has 4 aromatic rings. The Kier molecular flexibility index (Phi) is 7.06. The van der Waals surface area contributed by atoms with Gasteiger partial charge in [-0.05, 0) is 76.8 Å². The molecule has 12 nitrogen and oxygen atoms in total. The first-order valence-electron chi connectivity index (χ1n) is 11.7. The second kappa shape index (κ2) is 10.5. The predicted molar refractivity (Wildman–Crippen MR) is 135 cm³/mol. The highest BCUT2D eigenvalue weighted by molar-refractivity contribution is 9.10. The lowest BCUT2D eigenvalue weighted by Gasteiger charge is -2.15. The molecule has 16 heteroatoms. The smallest absolute Gasteiger partial charge is 0.349 e. The summed E-state index contributed by atoms with van der Waals surface area (Å²) in [5.41, 5.74) is 1.14. The highest BCUT2D eigenvalue weighted by Crippen LogP contribution is 2.28. The lowest BCUT2D eigenvalue weighted by atomic mass is 10.0. The number of alkyl halides is 3. The van der Waals surface area contributed by atoms with Gasteiger partial charge in [-0.3, -0.25) is 9.59 Å². The van der Waals surface area contributed by atoms with E-state index < -0.39 is 23.8 Å². The standard InChI is InChI=1S/C24H18BrF3N10O2/c1-12-7-13(10-29)8-16(21(39)31-14-4-5-14)19(12)32-22(40)18-9-15(11-37-35-23(33-36-37)24(26,27)28)34-38(18)20-17(25)3-2-6-30-20/h2-3,6-9,14H,4-5,11H2,1H3,(H,31,39)(H,32,40). The van der Waals surface area contributed by atoms with Crippen LogP contribution < -0.4 is 10.6 Å². The molecule has 0 unspecified atom stereocenters. The molecule has 0 radical (unpaired) electrons. The Morgan fingerprint density at radius 3 is 2.62 bits per heavy atom. The number of nitrogens with zero attached hydrogens (tertiary/aromatic N) is 8. The Bertz CT molecular complexity index is 1670. The van der Waals surface area contributed by atoms with Gasteiger partial charge in [0.15, 0.2) is 5.82 Å². The van der Waals surface area contributed by atoms with Gasteiger partial charge in [0.05, 0.1) is 33.1 Å². The Balaban J connectivity index is 1.52. The van der Waals surface area contributed by atoms with Crippen molar-refractivity contribution in [3.63, 3.8) is 0 Å². The van der Waals surface area contributed by atoms with Gasteiger partial charge >= 0.3 is 6.18 Å². The van der Waals surface area contributed by atoms with E-state index in [1.807, 2.05) is 6.07 Å². The number of anilines is 1. The van der Waals surface area contributed by atoms with E-state index in [1.54, 1.807) is 19.1 Å². The summed E-state index contributed by atoms with van der Waals surface area (Å²) in [4.78, 5) is 31.5. The van der Waals surface area contributed by atoms with Crippen LogP contribution in [0.2, 0.25) is 0 Å². The number of aryl methyl sites for hydroxylation is 1. The van der Waals surface area contributed by atoms with Crippen LogP contribution in [0, 0.1) is 18.3 Å². The average molecular weight is 615 g/mol. The van der Waals surface area contributed by atoms with E-state index in [2.05, 4.69) is 52.1 Å². The molecule has 0 spiro atoms. The van der Waals surface area contributed by atoms with Gasteiger partial charge in [-0.2, -0.15) is 28.3 Å². The van der Waals surface area contributed by atoms with Gasteiger partial charge in [0.2, 0.25) is 0 Å². The zero-order valence-corrected chi connectivity index (χ0v) is 22.2. The SMILES string of the molecule is Cc1cc(C#N)cc(C(=O)NC2CC2)c1NC(=O)c1cc(Cn2nnc(C(F)(F)F)n2)nn1-c1ncccc1Br. The Morgan fingerprint density at radius 2 is 1.98 bits per heavy atom. The highest BCUT2D eigenvalue weighted by Gasteiger charge is 2.37. The van der Waals surface area contributed by atoms with Gasteiger partial charge in [-0.15, -0.1) is 10.2 Å². The molecule has 0 saturated heterocycles. The molecule has 5 rings (SSSR count). The number of tetrazole rings is 1. The fraction of sp³-hybridized carbons (Fsp3) is 0.250. The molecule has 1 aliphatic carbocycles. The van der Waals surface area contributed by atoms with Crippen molar-refractivity contribution in [2.45, 2.75) is 38.5 Å². The van der Waals surface area contributed by atoms with Gasteiger partial charge in [-0.1, -0.05) is 0 Å². The van der Waals surface area contributed by atoms with E-state index in [9.17, 15) is 28.0 Å². The predicted octanol–water partition coefficient (Wildman–Crippen LogP) is 3.41. The van der Waals surface area contributed by atoms with Crippen LogP contribution in [0.15, 0.2) is 41.0 Å². The Hall–Kier alpha value is -4.65. The van der Waals surface area contributed by atoms with Crippen LogP contribution >= 0.6 is 15.9 Å². The number of nitriles is 1. The van der Waals surface area contributed by atoms with Gasteiger partial charge in [0.1, 0.15) is 12.2 Å². The minimum Gasteiger partial charge on any atom is -0.349 e. The number of carbonyl (C=O) groups excluding carboxylic acids is 2. The van der Waals surface area contributed by atoms with Crippen LogP contribution in [-0.2, 0) is 12.7 Å². The molecule has 204 valence electrons. The third-order valence-corrected chi connectivity index (χ3v) is 6.42. The quantitative estimate of drug-likeness (QED) is 0.321. The van der Waals surface area contributed by atoms with Crippen molar-refractivity contribution < 1.29 is 22.8 Å². The fourth-order valence-corrected chi connectivity index (χ4v) is 4.22. The highest BCUT2D eigenvalue weighted by atomic mass is 79.9. The van der Waals surface area contributed by atoms with Crippen molar-refractivity contribution in [3.05, 3.63) is 74.9 Å². The topological polar surface area (TPSA) is 156 Å². The summed E-state index contributed by atoms with van der Waals surface area (Å²) in [7, 11) is 0. The summed E-state index contributed by atoms with van der Waals surface area (Å²) in [6.07, 6.45) is -1.61. The molecule has 3 heterocycles. The fourth-order valence-electron chi connectivity index (χ4n) is 3.80. The van der Waals surface area contributed by atoms with Crippen LogP contribution in [-0.4, -0.2) is 52.8 Å². The summed E-state index contributed by atoms with van der Waals surface area (Å²) in [5.74, 6) is -2.31. The molecular formula is C24H18BrF3N10O2. The number of carbonyl (C=O) groups is 2. The molecule has 0 aliphatic heterocycles. The maximum Gasteiger partial charge on any atom is 0.455 e. The molecule has 2 amide bonds. The molecule has 40 heavy (non-hydrogen) atoms. The van der Waals surface area contributed by atoms with E-state index in [1.165, 1.54) is 29.1 Å². The number of aromatic nitrogens is 7. The monoisotopic (exact) mass is 614 g/mol. The van der Waals surface area contributed by atoms with Crippen molar-refractivity contribution in [1.82, 2.24) is 40.3 Å². The molecule has 1 fully saturated rings. The molecule has 1 aromatic carbocycles. The normalized spacial score (nSPS) is 13.1. The molecular weight excluding hydrogens is 597 g/mol. The number of pyridine rings is 1. The number of benzene rings is 1. The third-order valence-electron chi connectivity index (χ3n) is 5.80. The van der Waals surface area contributed by atoms with Crippen molar-refractivity contribution in [2.75, 3.05) is 5.32 Å². The minimum atomic E-state index is -4.77. The molecule has 2 N–H and O–H groups in total. The van der Waals surface area contributed by atoms with Gasteiger partial charge in [0, 0.05) is 12.2 Å². The second-order valence-corrected chi connectivity index (χ2v) is 9.77. The van der Waals surface area contributed by atoms with Crippen molar-refractivity contribution >= 4 is 33.4 Å². The van der Waals surface area contributed by atoms with Crippen LogP contribution in [0.4, 0.5) is 18.9 Å². The maximum absolute atomic E-state index is 13.6. The molecule has 1 saturated carbocycles. The number of nitrogens with one attached hydrogen (secondary N) is 2. The van der Waals surface area contributed by atoms with E-state index in [0.29, 0.717) is 14.8 Å². The number of rotatable bonds is 7. The number of halogens is 4. The Labute approximate surface area is 232 Å². The van der Waals surface area contributed by atoms with Gasteiger partial charge < -0.3 is 10.6 Å². The van der Waals surface area contributed by atoms with E-state index >= 15 is 0 Å². The number of hydrogen-bond acceptors (Lipinski definition) is 8. The third kappa shape index (κ3) is 5.69. The first-order chi connectivity index (χ1) is 19.0. The number of amides is 2. The van der Waals surface area contributed by atoms with Crippen LogP contribution in [0.1, 0.15) is 56.3 Å². The lowest BCUT2D eigenvalue weighted by Crippen LogP contribution is -2.28. The Morgan fingerprint density at radius 1 is 1.20 bits per heavy atom. The van der Waals surface area contributed by atoms with E-state index in [-0.39, 0.29) is 46.6 Å². The zero-order chi connectivity index (χ0) is 28.6. The summed E-state index contributed by atoms with van der Waals surface area (Å²) >= 11 is 3.37. The summed E-state index contributed by atoms with van der Waals surface area (Å²) < 4.78 is 40.4. The van der Waals surface area contributed by atoms with Crippen LogP contribution in [0.25, 0.3) is 5.82 Å².